The Hall–Kier alpha value is -1.21. The Labute approximate surface area is 182 Å². The molecule has 0 spiro atoms. The van der Waals surface area contributed by atoms with Crippen LogP contribution < -0.4 is 0 Å². The summed E-state index contributed by atoms with van der Waals surface area (Å²) in [6.45, 7) is 11.3. The molecule has 0 atom stereocenters. The fourth-order valence-electron chi connectivity index (χ4n) is 3.25. The van der Waals surface area contributed by atoms with Crippen molar-refractivity contribution in [2.75, 3.05) is 5.75 Å². The van der Waals surface area contributed by atoms with Crippen LogP contribution in [0.3, 0.4) is 0 Å². The quantitative estimate of drug-likeness (QED) is 0.572. The Morgan fingerprint density at radius 1 is 1.10 bits per heavy atom. The summed E-state index contributed by atoms with van der Waals surface area (Å²) in [5.41, 5.74) is 2.23. The van der Waals surface area contributed by atoms with Crippen molar-refractivity contribution in [1.29, 1.82) is 0 Å². The molecule has 29 heavy (non-hydrogen) atoms. The minimum atomic E-state index is -3.76. The van der Waals surface area contributed by atoms with Gasteiger partial charge in [-0.3, -0.25) is 4.79 Å². The normalized spacial score (nSPS) is 12.8. The van der Waals surface area contributed by atoms with E-state index in [1.807, 2.05) is 39.8 Å². The summed E-state index contributed by atoms with van der Waals surface area (Å²) in [5, 5.41) is 12.3. The summed E-state index contributed by atoms with van der Waals surface area (Å²) >= 11 is 7.30. The molecule has 2 aromatic rings. The number of thiophene rings is 1. The molecule has 0 unspecified atom stereocenters. The molecule has 1 aromatic carbocycles. The van der Waals surface area contributed by atoms with Gasteiger partial charge in [-0.25, -0.2) is 8.42 Å². The second kappa shape index (κ2) is 8.88. The minimum absolute atomic E-state index is 0.0567. The van der Waals surface area contributed by atoms with E-state index < -0.39 is 21.2 Å². The van der Waals surface area contributed by atoms with Gasteiger partial charge in [0, 0.05) is 11.4 Å². The summed E-state index contributed by atoms with van der Waals surface area (Å²) in [6.07, 6.45) is 0.0567. The molecular formula is C22H29ClO4S2. The lowest BCUT2D eigenvalue weighted by molar-refractivity contribution is -0.116. The van der Waals surface area contributed by atoms with Crippen LogP contribution in [-0.4, -0.2) is 25.1 Å². The third-order valence-electron chi connectivity index (χ3n) is 4.84. The molecular weight excluding hydrogens is 428 g/mol. The molecule has 0 aliphatic rings. The number of Topliss-reactive ketones (excluding diaryl/α,β-unsaturated/α-hetero) is 1. The van der Waals surface area contributed by atoms with Crippen LogP contribution in [0, 0.1) is 0 Å². The Bertz CT molecular complexity index is 967. The largest absolute Gasteiger partial charge is 0.386 e. The molecule has 1 aromatic heterocycles. The van der Waals surface area contributed by atoms with Crippen LogP contribution in [0.4, 0.5) is 0 Å². The number of hydrogen-bond donors (Lipinski definition) is 1. The van der Waals surface area contributed by atoms with E-state index in [0.29, 0.717) is 10.6 Å². The van der Waals surface area contributed by atoms with Crippen LogP contribution in [0.25, 0.3) is 0 Å². The maximum absolute atomic E-state index is 12.8. The highest BCUT2D eigenvalue weighted by atomic mass is 35.5. The first-order valence-electron chi connectivity index (χ1n) is 9.60. The van der Waals surface area contributed by atoms with Crippen molar-refractivity contribution in [3.63, 3.8) is 0 Å². The maximum Gasteiger partial charge on any atom is 0.194 e. The van der Waals surface area contributed by atoms with E-state index in [2.05, 4.69) is 0 Å². The van der Waals surface area contributed by atoms with Crippen LogP contribution >= 0.6 is 22.9 Å². The number of carbonyl (C=O) groups is 1. The van der Waals surface area contributed by atoms with Crippen LogP contribution in [-0.2, 0) is 26.7 Å². The molecule has 0 bridgehead atoms. The van der Waals surface area contributed by atoms with E-state index in [1.54, 1.807) is 19.2 Å². The van der Waals surface area contributed by atoms with Gasteiger partial charge in [0.05, 0.1) is 5.60 Å². The first-order valence-corrected chi connectivity index (χ1v) is 12.5. The topological polar surface area (TPSA) is 71.4 Å². The van der Waals surface area contributed by atoms with Crippen molar-refractivity contribution in [2.24, 2.45) is 0 Å². The number of sulfone groups is 1. The van der Waals surface area contributed by atoms with Crippen molar-refractivity contribution < 1.29 is 18.3 Å². The van der Waals surface area contributed by atoms with E-state index in [-0.39, 0.29) is 28.2 Å². The van der Waals surface area contributed by atoms with Crippen molar-refractivity contribution in [2.45, 2.75) is 69.6 Å². The van der Waals surface area contributed by atoms with E-state index in [0.717, 1.165) is 28.0 Å². The maximum atomic E-state index is 12.8. The average Bonchev–Trinajstić information content (AvgIpc) is 3.06. The lowest BCUT2D eigenvalue weighted by Crippen LogP contribution is -2.19. The first-order chi connectivity index (χ1) is 13.2. The Balaban J connectivity index is 2.32. The van der Waals surface area contributed by atoms with Gasteiger partial charge < -0.3 is 5.11 Å². The van der Waals surface area contributed by atoms with Gasteiger partial charge in [0.25, 0.3) is 0 Å². The van der Waals surface area contributed by atoms with Crippen LogP contribution in [0.15, 0.2) is 27.8 Å². The Morgan fingerprint density at radius 3 is 2.03 bits per heavy atom. The van der Waals surface area contributed by atoms with Gasteiger partial charge in [-0.15, -0.1) is 11.3 Å². The van der Waals surface area contributed by atoms with Gasteiger partial charge in [0.15, 0.2) is 15.6 Å². The number of halogens is 1. The molecule has 2 rings (SSSR count). The van der Waals surface area contributed by atoms with Gasteiger partial charge in [0.2, 0.25) is 0 Å². The van der Waals surface area contributed by atoms with Crippen molar-refractivity contribution in [3.05, 3.63) is 50.9 Å². The van der Waals surface area contributed by atoms with Gasteiger partial charge >= 0.3 is 0 Å². The van der Waals surface area contributed by atoms with Crippen LogP contribution in [0.2, 0.25) is 5.02 Å². The van der Waals surface area contributed by atoms with Crippen molar-refractivity contribution in [1.82, 2.24) is 0 Å². The van der Waals surface area contributed by atoms with E-state index in [4.69, 9.17) is 11.6 Å². The molecule has 160 valence electrons. The molecule has 4 nitrogen and oxygen atoms in total. The zero-order valence-corrected chi connectivity index (χ0v) is 20.1. The molecule has 7 heteroatoms. The number of aliphatic hydroxyl groups is 1. The second-order valence-corrected chi connectivity index (χ2v) is 12.1. The van der Waals surface area contributed by atoms with Gasteiger partial charge in [-0.1, -0.05) is 39.3 Å². The molecule has 0 aliphatic heterocycles. The molecule has 0 radical (unpaired) electrons. The monoisotopic (exact) mass is 456 g/mol. The predicted molar refractivity (Wildman–Crippen MR) is 120 cm³/mol. The van der Waals surface area contributed by atoms with Crippen LogP contribution in [0.5, 0.6) is 0 Å². The number of carbonyl (C=O) groups excluding carboxylic acids is 1. The third kappa shape index (κ3) is 5.91. The molecule has 0 aliphatic carbocycles. The molecule has 0 fully saturated rings. The number of ketones is 1. The number of benzene rings is 1. The van der Waals surface area contributed by atoms with E-state index in [1.165, 1.54) is 6.07 Å². The van der Waals surface area contributed by atoms with Gasteiger partial charge in [-0.05, 0) is 71.5 Å². The van der Waals surface area contributed by atoms with Crippen molar-refractivity contribution >= 4 is 38.6 Å². The van der Waals surface area contributed by atoms with Gasteiger partial charge in [0.1, 0.15) is 9.96 Å². The molecule has 0 saturated carbocycles. The standard InChI is InChI=1S/C22H29ClO4S2/c1-13(2)18-8-16(23)9-19(14(3)4)20(18)10-17(24)12-29(26,27)21-7-15(11-28-21)22(5,6)25/h7-9,11,13-14,25H,10,12H2,1-6H3. The molecule has 0 saturated heterocycles. The first kappa shape index (κ1) is 24.1. The highest BCUT2D eigenvalue weighted by molar-refractivity contribution is 7.94. The fourth-order valence-corrected chi connectivity index (χ4v) is 6.16. The van der Waals surface area contributed by atoms with E-state index in [9.17, 15) is 18.3 Å². The summed E-state index contributed by atoms with van der Waals surface area (Å²) in [5.74, 6) is -0.583. The smallest absolute Gasteiger partial charge is 0.194 e. The average molecular weight is 457 g/mol. The molecule has 1 heterocycles. The summed E-state index contributed by atoms with van der Waals surface area (Å²) < 4.78 is 25.6. The van der Waals surface area contributed by atoms with Crippen LogP contribution in [0.1, 0.15) is 75.6 Å². The number of hydrogen-bond acceptors (Lipinski definition) is 5. The Kier molecular flexibility index (Phi) is 7.37. The zero-order chi connectivity index (χ0) is 22.1. The Morgan fingerprint density at radius 2 is 1.62 bits per heavy atom. The second-order valence-electron chi connectivity index (χ2n) is 8.56. The summed E-state index contributed by atoms with van der Waals surface area (Å²) in [7, 11) is -3.76. The predicted octanol–water partition coefficient (Wildman–Crippen LogP) is 5.46. The van der Waals surface area contributed by atoms with Crippen molar-refractivity contribution in [3.8, 4) is 0 Å². The highest BCUT2D eigenvalue weighted by Gasteiger charge is 2.26. The van der Waals surface area contributed by atoms with Gasteiger partial charge in [-0.2, -0.15) is 0 Å². The zero-order valence-electron chi connectivity index (χ0n) is 17.7. The lowest BCUT2D eigenvalue weighted by atomic mass is 9.86. The third-order valence-corrected chi connectivity index (χ3v) is 8.26. The minimum Gasteiger partial charge on any atom is -0.386 e. The molecule has 0 amide bonds. The molecule has 1 N–H and O–H groups in total. The summed E-state index contributed by atoms with van der Waals surface area (Å²) in [6, 6.07) is 5.18. The summed E-state index contributed by atoms with van der Waals surface area (Å²) in [4.78, 5) is 12.8. The highest BCUT2D eigenvalue weighted by Crippen LogP contribution is 2.33. The lowest BCUT2D eigenvalue weighted by Gasteiger charge is -2.20. The van der Waals surface area contributed by atoms with E-state index >= 15 is 0 Å². The fraction of sp³-hybridized carbons (Fsp3) is 0.500. The number of rotatable bonds is 8. The SMILES string of the molecule is CC(C)c1cc(Cl)cc(C(C)C)c1CC(=O)CS(=O)(=O)c1cc(C(C)(C)O)cs1.